The molecular weight excluding hydrogens is 248 g/mol. The Morgan fingerprint density at radius 2 is 2.00 bits per heavy atom. The molecule has 0 heterocycles. The smallest absolute Gasteiger partial charge is 0.331 e. The summed E-state index contributed by atoms with van der Waals surface area (Å²) in [6.45, 7) is 6.98. The lowest BCUT2D eigenvalue weighted by atomic mass is 10.0. The number of benzene rings is 1. The maximum Gasteiger partial charge on any atom is 0.331 e. The highest BCUT2D eigenvalue weighted by atomic mass is 16.5. The van der Waals surface area contributed by atoms with E-state index in [0.29, 0.717) is 12.0 Å². The zero-order valence-electron chi connectivity index (χ0n) is 12.7. The van der Waals surface area contributed by atoms with Crippen molar-refractivity contribution in [3.05, 3.63) is 47.5 Å². The van der Waals surface area contributed by atoms with Crippen molar-refractivity contribution < 1.29 is 9.53 Å². The lowest BCUT2D eigenvalue weighted by Crippen LogP contribution is -2.02. The summed E-state index contributed by atoms with van der Waals surface area (Å²) >= 11 is 0. The van der Waals surface area contributed by atoms with E-state index in [4.69, 9.17) is 4.74 Å². The first-order valence-electron chi connectivity index (χ1n) is 7.35. The Labute approximate surface area is 121 Å². The van der Waals surface area contributed by atoms with Crippen LogP contribution >= 0.6 is 0 Å². The van der Waals surface area contributed by atoms with Crippen LogP contribution in [0, 0.1) is 11.3 Å². The fraction of sp³-hybridized carbons (Fsp3) is 0.500. The van der Waals surface area contributed by atoms with Crippen molar-refractivity contribution in [2.75, 3.05) is 0 Å². The summed E-state index contributed by atoms with van der Waals surface area (Å²) in [5.74, 6) is 0.590. The van der Waals surface area contributed by atoms with Crippen molar-refractivity contribution in [1.82, 2.24) is 0 Å². The third-order valence-electron chi connectivity index (χ3n) is 4.19. The molecule has 0 radical (unpaired) electrons. The van der Waals surface area contributed by atoms with Crippen LogP contribution in [-0.2, 0) is 16.1 Å². The summed E-state index contributed by atoms with van der Waals surface area (Å²) in [6, 6.07) is 9.76. The first kappa shape index (κ1) is 14.8. The lowest BCUT2D eigenvalue weighted by molar-refractivity contribution is -0.139. The molecule has 0 spiro atoms. The van der Waals surface area contributed by atoms with Gasteiger partial charge >= 0.3 is 5.97 Å². The van der Waals surface area contributed by atoms with Gasteiger partial charge in [0.2, 0.25) is 0 Å². The van der Waals surface area contributed by atoms with E-state index in [1.54, 1.807) is 6.08 Å². The summed E-state index contributed by atoms with van der Waals surface area (Å²) in [7, 11) is 0. The minimum absolute atomic E-state index is 0.235. The predicted octanol–water partition coefficient (Wildman–Crippen LogP) is 4.50. The molecule has 20 heavy (non-hydrogen) atoms. The molecule has 0 amide bonds. The van der Waals surface area contributed by atoms with Crippen molar-refractivity contribution in [3.63, 3.8) is 0 Å². The highest BCUT2D eigenvalue weighted by Crippen LogP contribution is 2.54. The zero-order chi connectivity index (χ0) is 14.6. The largest absolute Gasteiger partial charge is 0.458 e. The van der Waals surface area contributed by atoms with Crippen LogP contribution in [0.1, 0.15) is 45.6 Å². The van der Waals surface area contributed by atoms with E-state index < -0.39 is 0 Å². The second-order valence-electron chi connectivity index (χ2n) is 6.51. The van der Waals surface area contributed by atoms with Crippen LogP contribution < -0.4 is 0 Å². The second-order valence-corrected chi connectivity index (χ2v) is 6.51. The molecule has 1 aliphatic rings. The third-order valence-corrected chi connectivity index (χ3v) is 4.19. The summed E-state index contributed by atoms with van der Waals surface area (Å²) in [5, 5.41) is 0. The Morgan fingerprint density at radius 3 is 2.60 bits per heavy atom. The summed E-state index contributed by atoms with van der Waals surface area (Å²) in [4.78, 5) is 11.7. The van der Waals surface area contributed by atoms with Gasteiger partial charge in [0.1, 0.15) is 6.61 Å². The van der Waals surface area contributed by atoms with Crippen LogP contribution in [-0.4, -0.2) is 5.97 Å². The van der Waals surface area contributed by atoms with E-state index in [1.165, 1.54) is 12.8 Å². The highest BCUT2D eigenvalue weighted by molar-refractivity contribution is 5.82. The van der Waals surface area contributed by atoms with Crippen molar-refractivity contribution in [2.24, 2.45) is 11.3 Å². The van der Waals surface area contributed by atoms with Crippen LogP contribution in [0.15, 0.2) is 42.0 Å². The molecular formula is C18H24O2. The Balaban J connectivity index is 1.71. The van der Waals surface area contributed by atoms with Gasteiger partial charge in [-0.3, -0.25) is 0 Å². The van der Waals surface area contributed by atoms with Gasteiger partial charge in [-0.2, -0.15) is 0 Å². The van der Waals surface area contributed by atoms with Crippen LogP contribution in [0.3, 0.4) is 0 Å². The molecule has 108 valence electrons. The van der Waals surface area contributed by atoms with Gasteiger partial charge in [0.25, 0.3) is 0 Å². The molecule has 0 aliphatic heterocycles. The van der Waals surface area contributed by atoms with Crippen molar-refractivity contribution in [1.29, 1.82) is 0 Å². The number of rotatable bonds is 6. The Kier molecular flexibility index (Phi) is 4.64. The van der Waals surface area contributed by atoms with Gasteiger partial charge in [0, 0.05) is 6.08 Å². The number of hydrogen-bond acceptors (Lipinski definition) is 2. The molecule has 1 atom stereocenters. The normalized spacial score (nSPS) is 20.6. The highest BCUT2D eigenvalue weighted by Gasteiger charge is 2.44. The number of carbonyl (C=O) groups is 1. The van der Waals surface area contributed by atoms with Gasteiger partial charge in [-0.05, 0) is 43.1 Å². The average Bonchev–Trinajstić information content (AvgIpc) is 3.03. The topological polar surface area (TPSA) is 26.3 Å². The standard InChI is InChI=1S/C18H24O2/c1-14(9-10-16-12-18(16,2)3)11-17(19)20-13-15-7-5-4-6-8-15/h4-8,11,16H,9-10,12-13H2,1-3H3. The molecule has 2 heteroatoms. The Morgan fingerprint density at radius 1 is 1.35 bits per heavy atom. The van der Waals surface area contributed by atoms with E-state index in [-0.39, 0.29) is 5.97 Å². The van der Waals surface area contributed by atoms with Gasteiger partial charge in [-0.1, -0.05) is 49.8 Å². The van der Waals surface area contributed by atoms with Gasteiger partial charge in [0.15, 0.2) is 0 Å². The monoisotopic (exact) mass is 272 g/mol. The molecule has 0 saturated heterocycles. The van der Waals surface area contributed by atoms with Gasteiger partial charge in [-0.15, -0.1) is 0 Å². The first-order chi connectivity index (χ1) is 9.47. The molecule has 1 saturated carbocycles. The first-order valence-corrected chi connectivity index (χ1v) is 7.35. The number of hydrogen-bond donors (Lipinski definition) is 0. The quantitative estimate of drug-likeness (QED) is 0.563. The van der Waals surface area contributed by atoms with E-state index in [9.17, 15) is 4.79 Å². The number of ether oxygens (including phenoxy) is 1. The second kappa shape index (κ2) is 6.25. The number of carbonyl (C=O) groups excluding carboxylic acids is 1. The maximum absolute atomic E-state index is 11.7. The third kappa shape index (κ3) is 4.52. The Bertz CT molecular complexity index is 485. The van der Waals surface area contributed by atoms with Gasteiger partial charge in [0.05, 0.1) is 0 Å². The minimum atomic E-state index is -0.235. The van der Waals surface area contributed by atoms with Crippen LogP contribution in [0.5, 0.6) is 0 Å². The Hall–Kier alpha value is -1.57. The molecule has 1 unspecified atom stereocenters. The van der Waals surface area contributed by atoms with Crippen molar-refractivity contribution in [3.8, 4) is 0 Å². The molecule has 2 rings (SSSR count). The SMILES string of the molecule is CC(=CC(=O)OCc1ccccc1)CCC1CC1(C)C. The van der Waals surface area contributed by atoms with E-state index in [2.05, 4.69) is 13.8 Å². The van der Waals surface area contributed by atoms with Crippen molar-refractivity contribution in [2.45, 2.75) is 46.6 Å². The van der Waals surface area contributed by atoms with Crippen LogP contribution in [0.2, 0.25) is 0 Å². The molecule has 1 fully saturated rings. The molecule has 2 nitrogen and oxygen atoms in total. The van der Waals surface area contributed by atoms with Gasteiger partial charge in [-0.25, -0.2) is 4.79 Å². The predicted molar refractivity (Wildman–Crippen MR) is 81.1 cm³/mol. The number of allylic oxidation sites excluding steroid dienone is 1. The van der Waals surface area contributed by atoms with E-state index in [0.717, 1.165) is 23.5 Å². The fourth-order valence-electron chi connectivity index (χ4n) is 2.51. The van der Waals surface area contributed by atoms with E-state index in [1.807, 2.05) is 37.3 Å². The molecule has 0 N–H and O–H groups in total. The maximum atomic E-state index is 11.7. The summed E-state index contributed by atoms with van der Waals surface area (Å²) in [6.07, 6.45) is 5.13. The molecule has 0 bridgehead atoms. The van der Waals surface area contributed by atoms with Crippen LogP contribution in [0.4, 0.5) is 0 Å². The molecule has 0 aromatic heterocycles. The molecule has 1 aromatic rings. The lowest BCUT2D eigenvalue weighted by Gasteiger charge is -2.05. The number of esters is 1. The minimum Gasteiger partial charge on any atom is -0.458 e. The van der Waals surface area contributed by atoms with Gasteiger partial charge < -0.3 is 4.74 Å². The van der Waals surface area contributed by atoms with E-state index >= 15 is 0 Å². The van der Waals surface area contributed by atoms with Crippen LogP contribution in [0.25, 0.3) is 0 Å². The summed E-state index contributed by atoms with van der Waals surface area (Å²) < 4.78 is 5.25. The average molecular weight is 272 g/mol. The fourth-order valence-corrected chi connectivity index (χ4v) is 2.51. The molecule has 1 aliphatic carbocycles. The zero-order valence-corrected chi connectivity index (χ0v) is 12.7. The van der Waals surface area contributed by atoms with Crippen molar-refractivity contribution >= 4 is 5.97 Å². The summed E-state index contributed by atoms with van der Waals surface area (Å²) in [5.41, 5.74) is 2.66. The molecule has 1 aromatic carbocycles.